The van der Waals surface area contributed by atoms with Gasteiger partial charge in [0, 0.05) is 5.57 Å². The van der Waals surface area contributed by atoms with Crippen LogP contribution in [0.15, 0.2) is 11.1 Å². The fourth-order valence-corrected chi connectivity index (χ4v) is 1.75. The van der Waals surface area contributed by atoms with Gasteiger partial charge in [0.1, 0.15) is 0 Å². The second-order valence-electron chi connectivity index (χ2n) is 4.31. The molecule has 0 aromatic carbocycles. The van der Waals surface area contributed by atoms with Crippen molar-refractivity contribution in [2.24, 2.45) is 5.41 Å². The third-order valence-corrected chi connectivity index (χ3v) is 2.33. The molecule has 3 heteroatoms. The van der Waals surface area contributed by atoms with Crippen molar-refractivity contribution in [3.8, 4) is 6.07 Å². The Balaban J connectivity index is 2.86. The van der Waals surface area contributed by atoms with E-state index in [0.29, 0.717) is 30.6 Å². The lowest BCUT2D eigenvalue weighted by molar-refractivity contribution is -0.138. The Labute approximate surface area is 84.4 Å². The Kier molecular flexibility index (Phi) is 2.95. The first-order valence-electron chi connectivity index (χ1n) is 4.79. The predicted octanol–water partition coefficient (Wildman–Crippen LogP) is 2.19. The van der Waals surface area contributed by atoms with Crippen LogP contribution in [-0.2, 0) is 9.53 Å². The van der Waals surface area contributed by atoms with Gasteiger partial charge in [0.2, 0.25) is 0 Å². The van der Waals surface area contributed by atoms with Crippen molar-refractivity contribution in [3.05, 3.63) is 11.1 Å². The summed E-state index contributed by atoms with van der Waals surface area (Å²) in [6, 6.07) is 2.09. The average Bonchev–Trinajstić information content (AvgIpc) is 2.41. The third kappa shape index (κ3) is 2.14. The van der Waals surface area contributed by atoms with Crippen molar-refractivity contribution < 1.29 is 9.53 Å². The predicted molar refractivity (Wildman–Crippen MR) is 52.3 cm³/mol. The molecule has 3 nitrogen and oxygen atoms in total. The van der Waals surface area contributed by atoms with E-state index in [2.05, 4.69) is 19.9 Å². The van der Waals surface area contributed by atoms with Crippen LogP contribution in [0.1, 0.15) is 33.6 Å². The molecule has 0 saturated heterocycles. The Morgan fingerprint density at radius 3 is 2.71 bits per heavy atom. The van der Waals surface area contributed by atoms with E-state index in [9.17, 15) is 4.79 Å². The molecule has 0 bridgehead atoms. The summed E-state index contributed by atoms with van der Waals surface area (Å²) in [5, 5.41) is 8.87. The summed E-state index contributed by atoms with van der Waals surface area (Å²) in [6.45, 7) is 6.24. The number of esters is 1. The van der Waals surface area contributed by atoms with Gasteiger partial charge >= 0.3 is 5.97 Å². The maximum atomic E-state index is 11.5. The van der Waals surface area contributed by atoms with Crippen LogP contribution in [0, 0.1) is 16.7 Å². The number of hydrogen-bond acceptors (Lipinski definition) is 3. The minimum Gasteiger partial charge on any atom is -0.463 e. The Bertz CT molecular complexity index is 321. The van der Waals surface area contributed by atoms with Crippen molar-refractivity contribution in [1.29, 1.82) is 5.26 Å². The summed E-state index contributed by atoms with van der Waals surface area (Å²) in [4.78, 5) is 11.5. The van der Waals surface area contributed by atoms with Gasteiger partial charge < -0.3 is 4.74 Å². The zero-order valence-electron chi connectivity index (χ0n) is 8.89. The number of hydrogen-bond donors (Lipinski definition) is 0. The smallest absolute Gasteiger partial charge is 0.335 e. The molecule has 1 rings (SSSR count). The number of ether oxygens (including phenoxy) is 1. The maximum Gasteiger partial charge on any atom is 0.335 e. The van der Waals surface area contributed by atoms with E-state index in [1.807, 2.05) is 0 Å². The van der Waals surface area contributed by atoms with Gasteiger partial charge in [-0.25, -0.2) is 4.79 Å². The number of carbonyl (C=O) groups excluding carboxylic acids is 1. The zero-order valence-corrected chi connectivity index (χ0v) is 8.89. The lowest BCUT2D eigenvalue weighted by Crippen LogP contribution is -2.11. The number of rotatable bonds is 2. The first-order valence-corrected chi connectivity index (χ1v) is 4.79. The van der Waals surface area contributed by atoms with Crippen molar-refractivity contribution >= 4 is 5.97 Å². The second-order valence-corrected chi connectivity index (χ2v) is 4.31. The summed E-state index contributed by atoms with van der Waals surface area (Å²) < 4.78 is 4.90. The maximum absolute atomic E-state index is 11.5. The highest BCUT2D eigenvalue weighted by Gasteiger charge is 2.34. The lowest BCUT2D eigenvalue weighted by atomic mass is 9.89. The highest BCUT2D eigenvalue weighted by molar-refractivity contribution is 5.91. The van der Waals surface area contributed by atoms with Gasteiger partial charge in [-0.05, 0) is 25.2 Å². The first-order chi connectivity index (χ1) is 6.50. The molecular weight excluding hydrogens is 178 g/mol. The van der Waals surface area contributed by atoms with Crippen LogP contribution in [0.3, 0.4) is 0 Å². The molecule has 0 N–H and O–H groups in total. The molecule has 76 valence electrons. The van der Waals surface area contributed by atoms with Crippen LogP contribution in [0.2, 0.25) is 0 Å². The van der Waals surface area contributed by atoms with Crippen molar-refractivity contribution in [1.82, 2.24) is 0 Å². The molecule has 1 aliphatic rings. The van der Waals surface area contributed by atoms with Gasteiger partial charge in [0.25, 0.3) is 0 Å². The normalized spacial score (nSPS) is 19.3. The largest absolute Gasteiger partial charge is 0.463 e. The second kappa shape index (κ2) is 3.83. The summed E-state index contributed by atoms with van der Waals surface area (Å²) in [5.41, 5.74) is 1.18. The van der Waals surface area contributed by atoms with E-state index >= 15 is 0 Å². The van der Waals surface area contributed by atoms with Gasteiger partial charge in [-0.15, -0.1) is 0 Å². The zero-order chi connectivity index (χ0) is 10.8. The van der Waals surface area contributed by atoms with Crippen LogP contribution in [0.5, 0.6) is 0 Å². The Morgan fingerprint density at radius 1 is 1.57 bits per heavy atom. The monoisotopic (exact) mass is 193 g/mol. The van der Waals surface area contributed by atoms with Crippen molar-refractivity contribution in [2.45, 2.75) is 33.6 Å². The minimum absolute atomic E-state index is 0.0210. The van der Waals surface area contributed by atoms with E-state index in [4.69, 9.17) is 10.00 Å². The molecular formula is C11H15NO2. The van der Waals surface area contributed by atoms with Crippen molar-refractivity contribution in [2.75, 3.05) is 6.61 Å². The minimum atomic E-state index is -0.324. The molecule has 0 amide bonds. The fourth-order valence-electron chi connectivity index (χ4n) is 1.75. The molecule has 14 heavy (non-hydrogen) atoms. The summed E-state index contributed by atoms with van der Waals surface area (Å²) >= 11 is 0. The van der Waals surface area contributed by atoms with Gasteiger partial charge in [0.15, 0.2) is 0 Å². The molecule has 0 atom stereocenters. The van der Waals surface area contributed by atoms with Gasteiger partial charge in [0.05, 0.1) is 18.2 Å². The summed E-state index contributed by atoms with van der Waals surface area (Å²) in [7, 11) is 0. The molecule has 0 heterocycles. The Hall–Kier alpha value is -1.30. The van der Waals surface area contributed by atoms with Gasteiger partial charge in [-0.2, -0.15) is 5.26 Å². The summed E-state index contributed by atoms with van der Waals surface area (Å²) in [5.74, 6) is -0.324. The molecule has 0 saturated carbocycles. The molecule has 0 aliphatic heterocycles. The molecule has 0 aromatic heterocycles. The van der Waals surface area contributed by atoms with Gasteiger partial charge in [-0.3, -0.25) is 0 Å². The number of carbonyl (C=O) groups is 1. The standard InChI is InChI=1S/C11H15NO2/c1-4-14-10(13)9-6-11(2,3)5-8(9)7-12/h4-6H2,1-3H3. The number of allylic oxidation sites excluding steroid dienone is 1. The molecule has 0 unspecified atom stereocenters. The van der Waals surface area contributed by atoms with Crippen LogP contribution in [-0.4, -0.2) is 12.6 Å². The lowest BCUT2D eigenvalue weighted by Gasteiger charge is -2.15. The topological polar surface area (TPSA) is 50.1 Å². The van der Waals surface area contributed by atoms with E-state index in [-0.39, 0.29) is 11.4 Å². The quantitative estimate of drug-likeness (QED) is 0.631. The third-order valence-electron chi connectivity index (χ3n) is 2.33. The van der Waals surface area contributed by atoms with E-state index in [1.165, 1.54) is 0 Å². The number of nitriles is 1. The SMILES string of the molecule is CCOC(=O)C1=C(C#N)CC(C)(C)C1. The number of nitrogens with zero attached hydrogens (tertiary/aromatic N) is 1. The van der Waals surface area contributed by atoms with E-state index in [1.54, 1.807) is 6.92 Å². The Morgan fingerprint density at radius 2 is 2.21 bits per heavy atom. The van der Waals surface area contributed by atoms with Crippen LogP contribution in [0.25, 0.3) is 0 Å². The molecule has 0 aromatic rings. The van der Waals surface area contributed by atoms with E-state index in [0.717, 1.165) is 0 Å². The first kappa shape index (κ1) is 10.8. The molecule has 0 spiro atoms. The van der Waals surface area contributed by atoms with Crippen LogP contribution in [0.4, 0.5) is 0 Å². The molecule has 1 aliphatic carbocycles. The van der Waals surface area contributed by atoms with Crippen LogP contribution >= 0.6 is 0 Å². The highest BCUT2D eigenvalue weighted by atomic mass is 16.5. The van der Waals surface area contributed by atoms with Gasteiger partial charge in [-0.1, -0.05) is 13.8 Å². The van der Waals surface area contributed by atoms with Crippen LogP contribution < -0.4 is 0 Å². The average molecular weight is 193 g/mol. The fraction of sp³-hybridized carbons (Fsp3) is 0.636. The highest BCUT2D eigenvalue weighted by Crippen LogP contribution is 2.41. The molecule has 0 radical (unpaired) electrons. The summed E-state index contributed by atoms with van der Waals surface area (Å²) in [6.07, 6.45) is 1.33. The molecule has 0 fully saturated rings. The van der Waals surface area contributed by atoms with E-state index < -0.39 is 0 Å². The van der Waals surface area contributed by atoms with Crippen molar-refractivity contribution in [3.63, 3.8) is 0 Å².